The third-order valence-corrected chi connectivity index (χ3v) is 3.27. The second-order valence-electron chi connectivity index (χ2n) is 3.98. The van der Waals surface area contributed by atoms with E-state index in [9.17, 15) is 19.2 Å². The van der Waals surface area contributed by atoms with E-state index in [-0.39, 0.29) is 10.7 Å². The second kappa shape index (κ2) is 5.70. The molecule has 0 atom stereocenters. The Balaban J connectivity index is 2.05. The lowest BCUT2D eigenvalue weighted by atomic mass is 10.1. The zero-order valence-corrected chi connectivity index (χ0v) is 11.2. The van der Waals surface area contributed by atoms with Crippen molar-refractivity contribution in [2.75, 3.05) is 5.32 Å². The van der Waals surface area contributed by atoms with Crippen LogP contribution in [0.3, 0.4) is 0 Å². The van der Waals surface area contributed by atoms with Crippen molar-refractivity contribution in [3.63, 3.8) is 0 Å². The molecule has 0 saturated carbocycles. The summed E-state index contributed by atoms with van der Waals surface area (Å²) in [4.78, 5) is 45.0. The Morgan fingerprint density at radius 2 is 1.85 bits per heavy atom. The monoisotopic (exact) mass is 290 g/mol. The van der Waals surface area contributed by atoms with E-state index in [4.69, 9.17) is 0 Å². The first-order valence-corrected chi connectivity index (χ1v) is 6.44. The van der Waals surface area contributed by atoms with E-state index in [1.807, 2.05) is 0 Å². The van der Waals surface area contributed by atoms with E-state index < -0.39 is 17.1 Å². The maximum absolute atomic E-state index is 11.7. The topological polar surface area (TPSA) is 92.3 Å². The van der Waals surface area contributed by atoms with Crippen LogP contribution in [-0.4, -0.2) is 22.8 Å². The molecule has 0 radical (unpaired) electrons. The number of rotatable bonds is 3. The van der Waals surface area contributed by atoms with Crippen LogP contribution in [0.15, 0.2) is 35.2 Å². The van der Waals surface area contributed by atoms with E-state index in [0.29, 0.717) is 23.0 Å². The second-order valence-corrected chi connectivity index (χ2v) is 4.99. The largest absolute Gasteiger partial charge is 0.322 e. The molecule has 0 unspecified atom stereocenters. The van der Waals surface area contributed by atoms with Gasteiger partial charge in [0.25, 0.3) is 11.1 Å². The molecule has 1 aromatic rings. The van der Waals surface area contributed by atoms with Crippen LogP contribution in [0.4, 0.5) is 10.5 Å². The molecule has 0 aromatic heterocycles. The first kappa shape index (κ1) is 14.0. The van der Waals surface area contributed by atoms with Crippen molar-refractivity contribution < 1.29 is 19.2 Å². The van der Waals surface area contributed by atoms with Gasteiger partial charge < -0.3 is 5.32 Å². The first-order chi connectivity index (χ1) is 9.45. The number of ketones is 1. The van der Waals surface area contributed by atoms with Crippen LogP contribution < -0.4 is 10.6 Å². The lowest BCUT2D eigenvalue weighted by molar-refractivity contribution is -0.116. The van der Waals surface area contributed by atoms with Gasteiger partial charge in [-0.25, -0.2) is 0 Å². The molecule has 2 N–H and O–H groups in total. The van der Waals surface area contributed by atoms with E-state index >= 15 is 0 Å². The average molecular weight is 290 g/mol. The van der Waals surface area contributed by atoms with Gasteiger partial charge in [-0.15, -0.1) is 0 Å². The minimum absolute atomic E-state index is 0.0489. The van der Waals surface area contributed by atoms with E-state index in [2.05, 4.69) is 10.6 Å². The van der Waals surface area contributed by atoms with Crippen molar-refractivity contribution in [2.45, 2.75) is 6.92 Å². The quantitative estimate of drug-likeness (QED) is 0.653. The maximum Gasteiger partial charge on any atom is 0.290 e. The number of carbonyl (C=O) groups excluding carboxylic acids is 4. The van der Waals surface area contributed by atoms with Gasteiger partial charge in [-0.3, -0.25) is 24.5 Å². The molecular formula is C13H10N2O4S. The van der Waals surface area contributed by atoms with Crippen LogP contribution in [0.5, 0.6) is 0 Å². The molecule has 3 amide bonds. The Hall–Kier alpha value is -2.41. The maximum atomic E-state index is 11.7. The minimum Gasteiger partial charge on any atom is -0.322 e. The van der Waals surface area contributed by atoms with Gasteiger partial charge in [-0.05, 0) is 43.0 Å². The Morgan fingerprint density at radius 1 is 1.20 bits per heavy atom. The molecule has 1 saturated heterocycles. The summed E-state index contributed by atoms with van der Waals surface area (Å²) in [6.45, 7) is 1.45. The average Bonchev–Trinajstić information content (AvgIpc) is 2.68. The summed E-state index contributed by atoms with van der Waals surface area (Å²) < 4.78 is 0. The normalized spacial score (nSPS) is 16.1. The van der Waals surface area contributed by atoms with Crippen molar-refractivity contribution in [1.29, 1.82) is 0 Å². The Labute approximate surface area is 118 Å². The summed E-state index contributed by atoms with van der Waals surface area (Å²) in [5.74, 6) is -1.17. The van der Waals surface area contributed by atoms with Crippen molar-refractivity contribution in [3.8, 4) is 0 Å². The van der Waals surface area contributed by atoms with Gasteiger partial charge in [0.2, 0.25) is 5.91 Å². The highest BCUT2D eigenvalue weighted by molar-refractivity contribution is 8.18. The van der Waals surface area contributed by atoms with Gasteiger partial charge in [0.1, 0.15) is 0 Å². The summed E-state index contributed by atoms with van der Waals surface area (Å²) in [5.41, 5.74) is 1.03. The molecule has 1 aliphatic heterocycles. The van der Waals surface area contributed by atoms with Crippen LogP contribution in [0.1, 0.15) is 17.3 Å². The minimum atomic E-state index is -0.581. The lowest BCUT2D eigenvalue weighted by Gasteiger charge is -2.03. The number of hydrogen-bond donors (Lipinski definition) is 2. The number of carbonyl (C=O) groups is 4. The van der Waals surface area contributed by atoms with Crippen LogP contribution >= 0.6 is 11.8 Å². The van der Waals surface area contributed by atoms with Crippen LogP contribution in [0, 0.1) is 0 Å². The zero-order valence-electron chi connectivity index (χ0n) is 10.4. The molecular weight excluding hydrogens is 280 g/mol. The first-order valence-electron chi connectivity index (χ1n) is 5.62. The molecule has 1 heterocycles. The molecule has 0 bridgehead atoms. The van der Waals surface area contributed by atoms with Crippen LogP contribution in [0.25, 0.3) is 0 Å². The lowest BCUT2D eigenvalue weighted by Crippen LogP contribution is -2.18. The van der Waals surface area contributed by atoms with Gasteiger partial charge in [0.15, 0.2) is 5.78 Å². The van der Waals surface area contributed by atoms with Crippen molar-refractivity contribution in [2.24, 2.45) is 0 Å². The molecule has 7 heteroatoms. The molecule has 1 fully saturated rings. The van der Waals surface area contributed by atoms with E-state index in [1.54, 1.807) is 24.3 Å². The molecule has 20 heavy (non-hydrogen) atoms. The number of nitrogens with one attached hydrogen (secondary N) is 2. The Kier molecular flexibility index (Phi) is 3.99. The molecule has 0 spiro atoms. The Morgan fingerprint density at radius 3 is 2.35 bits per heavy atom. The number of imide groups is 1. The van der Waals surface area contributed by atoms with Crippen LogP contribution in [-0.2, 0) is 9.59 Å². The third-order valence-electron chi connectivity index (χ3n) is 2.46. The summed E-state index contributed by atoms with van der Waals surface area (Å²) in [7, 11) is 0. The van der Waals surface area contributed by atoms with Crippen LogP contribution in [0.2, 0.25) is 0 Å². The summed E-state index contributed by atoms with van der Waals surface area (Å²) in [6, 6.07) is 6.34. The predicted octanol–water partition coefficient (Wildman–Crippen LogP) is 1.69. The molecule has 2 rings (SSSR count). The fraction of sp³-hybridized carbons (Fsp3) is 0.0769. The van der Waals surface area contributed by atoms with Gasteiger partial charge in [0.05, 0.1) is 4.91 Å². The summed E-state index contributed by atoms with van der Waals surface area (Å²) >= 11 is 0.675. The van der Waals surface area contributed by atoms with Gasteiger partial charge in [-0.1, -0.05) is 0 Å². The molecule has 1 aromatic carbocycles. The van der Waals surface area contributed by atoms with Gasteiger partial charge in [0, 0.05) is 17.3 Å². The highest BCUT2D eigenvalue weighted by Gasteiger charge is 2.25. The number of benzene rings is 1. The molecule has 0 aliphatic carbocycles. The summed E-state index contributed by atoms with van der Waals surface area (Å²) in [6.07, 6.45) is 1.06. The van der Waals surface area contributed by atoms with Gasteiger partial charge in [-0.2, -0.15) is 0 Å². The smallest absolute Gasteiger partial charge is 0.290 e. The predicted molar refractivity (Wildman–Crippen MR) is 74.3 cm³/mol. The number of Topliss-reactive ketones (excluding diaryl/α,β-unsaturated/α-hetero) is 1. The standard InChI is InChI=1S/C13H10N2O4S/c1-7(16)8-2-4-9(5-3-8)14-11(17)6-10-12(18)15-13(19)20-10/h2-6H,1H3,(H,14,17)(H,15,18,19)/b10-6-. The van der Waals surface area contributed by atoms with Crippen molar-refractivity contribution in [1.82, 2.24) is 5.32 Å². The molecule has 6 nitrogen and oxygen atoms in total. The fourth-order valence-electron chi connectivity index (χ4n) is 1.51. The number of amides is 3. The third kappa shape index (κ3) is 3.33. The zero-order chi connectivity index (χ0) is 14.7. The highest BCUT2D eigenvalue weighted by atomic mass is 32.2. The van der Waals surface area contributed by atoms with E-state index in [0.717, 1.165) is 6.08 Å². The van der Waals surface area contributed by atoms with E-state index in [1.165, 1.54) is 6.92 Å². The van der Waals surface area contributed by atoms with Gasteiger partial charge >= 0.3 is 0 Å². The molecule has 102 valence electrons. The number of thioether (sulfide) groups is 1. The number of anilines is 1. The fourth-order valence-corrected chi connectivity index (χ4v) is 2.16. The number of hydrogen-bond acceptors (Lipinski definition) is 5. The van der Waals surface area contributed by atoms with Crippen molar-refractivity contribution >= 4 is 40.3 Å². The molecule has 1 aliphatic rings. The SMILES string of the molecule is CC(=O)c1ccc(NC(=O)/C=C2\SC(=O)NC2=O)cc1. The highest BCUT2D eigenvalue weighted by Crippen LogP contribution is 2.22. The Bertz CT molecular complexity index is 634. The van der Waals surface area contributed by atoms with Crippen molar-refractivity contribution in [3.05, 3.63) is 40.8 Å². The summed E-state index contributed by atoms with van der Waals surface area (Å²) in [5, 5.41) is 4.09.